The number of imidazole rings is 1. The highest BCUT2D eigenvalue weighted by Gasteiger charge is 2.21. The van der Waals surface area contributed by atoms with Crippen molar-refractivity contribution in [1.29, 1.82) is 0 Å². The van der Waals surface area contributed by atoms with Gasteiger partial charge in [0, 0.05) is 24.7 Å². The van der Waals surface area contributed by atoms with Crippen molar-refractivity contribution >= 4 is 17.0 Å². The van der Waals surface area contributed by atoms with Crippen LogP contribution in [-0.2, 0) is 24.3 Å². The standard InChI is InChI=1S/C32H26F3N3O4/c33-24-10-6-19(13-26(24)35)18-42-31-5-1-4-27(37-31)21-8-7-20(25(34)14-21)16-30-36-28-11-9-22(32(39)40)15-29(28)38(30)17-23-3-2-12-41-23/h1,4-11,13-15,23H,2-3,12,16-18H2,(H,39,40). The summed E-state index contributed by atoms with van der Waals surface area (Å²) in [6.45, 7) is 1.16. The van der Waals surface area contributed by atoms with Crippen LogP contribution in [-0.4, -0.2) is 38.3 Å². The number of pyridine rings is 1. The van der Waals surface area contributed by atoms with Gasteiger partial charge in [-0.2, -0.15) is 0 Å². The first-order valence-corrected chi connectivity index (χ1v) is 13.5. The van der Waals surface area contributed by atoms with Crippen LogP contribution >= 0.6 is 0 Å². The molecular weight excluding hydrogens is 547 g/mol. The Morgan fingerprint density at radius 3 is 2.62 bits per heavy atom. The zero-order valence-corrected chi connectivity index (χ0v) is 22.4. The second kappa shape index (κ2) is 11.7. The minimum absolute atomic E-state index is 0.0121. The summed E-state index contributed by atoms with van der Waals surface area (Å²) in [7, 11) is 0. The lowest BCUT2D eigenvalue weighted by Crippen LogP contribution is -2.17. The fourth-order valence-electron chi connectivity index (χ4n) is 5.10. The molecule has 10 heteroatoms. The molecule has 214 valence electrons. The number of carbonyl (C=O) groups is 1. The molecule has 2 aromatic heterocycles. The van der Waals surface area contributed by atoms with Crippen LogP contribution < -0.4 is 4.74 Å². The predicted molar refractivity (Wildman–Crippen MR) is 149 cm³/mol. The fourth-order valence-corrected chi connectivity index (χ4v) is 5.10. The van der Waals surface area contributed by atoms with Gasteiger partial charge in [-0.3, -0.25) is 0 Å². The van der Waals surface area contributed by atoms with E-state index in [2.05, 4.69) is 4.98 Å². The molecule has 1 saturated heterocycles. The van der Waals surface area contributed by atoms with E-state index in [1.165, 1.54) is 18.2 Å². The van der Waals surface area contributed by atoms with E-state index in [1.54, 1.807) is 42.5 Å². The maximum absolute atomic E-state index is 15.5. The smallest absolute Gasteiger partial charge is 0.335 e. The van der Waals surface area contributed by atoms with Gasteiger partial charge >= 0.3 is 5.97 Å². The number of aromatic nitrogens is 3. The van der Waals surface area contributed by atoms with E-state index >= 15 is 4.39 Å². The molecule has 0 radical (unpaired) electrons. The third kappa shape index (κ3) is 5.84. The van der Waals surface area contributed by atoms with Crippen LogP contribution in [0.5, 0.6) is 5.88 Å². The van der Waals surface area contributed by atoms with E-state index in [9.17, 15) is 18.7 Å². The Labute approximate surface area is 239 Å². The molecule has 1 unspecified atom stereocenters. The molecule has 7 nitrogen and oxygen atoms in total. The van der Waals surface area contributed by atoms with Gasteiger partial charge in [-0.15, -0.1) is 0 Å². The van der Waals surface area contributed by atoms with Gasteiger partial charge in [-0.1, -0.05) is 24.3 Å². The normalized spacial score (nSPS) is 14.9. The van der Waals surface area contributed by atoms with E-state index in [0.717, 1.165) is 25.0 Å². The number of benzene rings is 3. The Bertz CT molecular complexity index is 1780. The molecule has 42 heavy (non-hydrogen) atoms. The van der Waals surface area contributed by atoms with Gasteiger partial charge < -0.3 is 19.1 Å². The molecule has 0 bridgehead atoms. The minimum Gasteiger partial charge on any atom is -0.478 e. The second-order valence-corrected chi connectivity index (χ2v) is 10.2. The van der Waals surface area contributed by atoms with Crippen LogP contribution in [0.3, 0.4) is 0 Å². The quantitative estimate of drug-likeness (QED) is 0.215. The van der Waals surface area contributed by atoms with E-state index < -0.39 is 23.4 Å². The molecule has 0 spiro atoms. The first kappa shape index (κ1) is 27.5. The van der Waals surface area contributed by atoms with Gasteiger partial charge in [-0.05, 0) is 66.4 Å². The molecule has 1 N–H and O–H groups in total. The molecule has 1 atom stereocenters. The number of hydrogen-bond acceptors (Lipinski definition) is 5. The van der Waals surface area contributed by atoms with E-state index in [-0.39, 0.29) is 30.6 Å². The Morgan fingerprint density at radius 2 is 1.86 bits per heavy atom. The van der Waals surface area contributed by atoms with Gasteiger partial charge in [0.05, 0.1) is 34.9 Å². The average molecular weight is 574 g/mol. The lowest BCUT2D eigenvalue weighted by molar-refractivity contribution is 0.0697. The summed E-state index contributed by atoms with van der Waals surface area (Å²) in [6, 6.07) is 18.2. The minimum atomic E-state index is -1.03. The summed E-state index contributed by atoms with van der Waals surface area (Å²) in [5.41, 5.74) is 3.34. The van der Waals surface area contributed by atoms with Crippen molar-refractivity contribution in [2.45, 2.75) is 38.5 Å². The Hall–Kier alpha value is -4.70. The molecule has 5 aromatic rings. The number of ether oxygens (including phenoxy) is 2. The van der Waals surface area contributed by atoms with Gasteiger partial charge in [-0.25, -0.2) is 27.9 Å². The maximum atomic E-state index is 15.5. The SMILES string of the molecule is O=C(O)c1ccc2nc(Cc3ccc(-c4cccc(OCc5ccc(F)c(F)c5)n4)cc3F)n(CC3CCCO3)c2c1. The van der Waals surface area contributed by atoms with Crippen LogP contribution in [0.1, 0.15) is 40.2 Å². The summed E-state index contributed by atoms with van der Waals surface area (Å²) < 4.78 is 55.5. The lowest BCUT2D eigenvalue weighted by Gasteiger charge is -2.15. The number of rotatable bonds is 9. The number of fused-ring (bicyclic) bond motifs is 1. The molecule has 6 rings (SSSR count). The van der Waals surface area contributed by atoms with Gasteiger partial charge in [0.2, 0.25) is 5.88 Å². The van der Waals surface area contributed by atoms with Crippen molar-refractivity contribution in [3.63, 3.8) is 0 Å². The number of carboxylic acids is 1. The van der Waals surface area contributed by atoms with Gasteiger partial charge in [0.25, 0.3) is 0 Å². The molecule has 0 amide bonds. The number of halogens is 3. The number of aromatic carboxylic acids is 1. The van der Waals surface area contributed by atoms with Crippen molar-refractivity contribution in [2.24, 2.45) is 0 Å². The Morgan fingerprint density at radius 1 is 0.976 bits per heavy atom. The molecule has 3 aromatic carbocycles. The van der Waals surface area contributed by atoms with Crippen molar-refractivity contribution < 1.29 is 32.5 Å². The zero-order valence-electron chi connectivity index (χ0n) is 22.4. The molecule has 0 saturated carbocycles. The van der Waals surface area contributed by atoms with Crippen molar-refractivity contribution in [3.8, 4) is 17.1 Å². The van der Waals surface area contributed by atoms with Gasteiger partial charge in [0.1, 0.15) is 18.2 Å². The molecule has 1 aliphatic rings. The fraction of sp³-hybridized carbons (Fsp3) is 0.219. The molecular formula is C32H26F3N3O4. The highest BCUT2D eigenvalue weighted by molar-refractivity contribution is 5.92. The summed E-state index contributed by atoms with van der Waals surface area (Å²) in [6.07, 6.45) is 2.01. The van der Waals surface area contributed by atoms with E-state index in [1.807, 2.05) is 4.57 Å². The third-order valence-corrected chi connectivity index (χ3v) is 7.28. The Balaban J connectivity index is 1.24. The zero-order chi connectivity index (χ0) is 29.2. The molecule has 3 heterocycles. The number of nitrogens with zero attached hydrogens (tertiary/aromatic N) is 3. The Kier molecular flexibility index (Phi) is 7.62. The third-order valence-electron chi connectivity index (χ3n) is 7.28. The van der Waals surface area contributed by atoms with Crippen LogP contribution in [0.15, 0.2) is 72.8 Å². The van der Waals surface area contributed by atoms with E-state index in [4.69, 9.17) is 14.5 Å². The lowest BCUT2D eigenvalue weighted by atomic mass is 10.1. The first-order valence-electron chi connectivity index (χ1n) is 13.5. The number of carboxylic acid groups (broad SMARTS) is 1. The largest absolute Gasteiger partial charge is 0.478 e. The van der Waals surface area contributed by atoms with E-state index in [0.29, 0.717) is 52.4 Å². The molecule has 1 aliphatic heterocycles. The molecule has 0 aliphatic carbocycles. The monoisotopic (exact) mass is 573 g/mol. The van der Waals surface area contributed by atoms with Crippen LogP contribution in [0.25, 0.3) is 22.3 Å². The van der Waals surface area contributed by atoms with Crippen molar-refractivity contribution in [3.05, 3.63) is 113 Å². The average Bonchev–Trinajstić information content (AvgIpc) is 3.62. The van der Waals surface area contributed by atoms with Gasteiger partial charge in [0.15, 0.2) is 11.6 Å². The summed E-state index contributed by atoms with van der Waals surface area (Å²) in [5, 5.41) is 9.49. The highest BCUT2D eigenvalue weighted by atomic mass is 19.2. The maximum Gasteiger partial charge on any atom is 0.335 e. The summed E-state index contributed by atoms with van der Waals surface area (Å²) in [4.78, 5) is 20.7. The van der Waals surface area contributed by atoms with Crippen LogP contribution in [0, 0.1) is 17.5 Å². The summed E-state index contributed by atoms with van der Waals surface area (Å²) in [5.74, 6) is -2.50. The van der Waals surface area contributed by atoms with Crippen LogP contribution in [0.4, 0.5) is 13.2 Å². The van der Waals surface area contributed by atoms with Crippen LogP contribution in [0.2, 0.25) is 0 Å². The second-order valence-electron chi connectivity index (χ2n) is 10.2. The first-order chi connectivity index (χ1) is 20.3. The highest BCUT2D eigenvalue weighted by Crippen LogP contribution is 2.27. The van der Waals surface area contributed by atoms with Crippen molar-refractivity contribution in [1.82, 2.24) is 14.5 Å². The number of hydrogen-bond donors (Lipinski definition) is 1. The van der Waals surface area contributed by atoms with Crippen molar-refractivity contribution in [2.75, 3.05) is 6.61 Å². The predicted octanol–water partition coefficient (Wildman–Crippen LogP) is 6.56. The molecule has 1 fully saturated rings. The summed E-state index contributed by atoms with van der Waals surface area (Å²) >= 11 is 0. The topological polar surface area (TPSA) is 86.5 Å².